The third-order valence-electron chi connectivity index (χ3n) is 3.82. The highest BCUT2D eigenvalue weighted by Gasteiger charge is 2.33. The quantitative estimate of drug-likeness (QED) is 0.885. The number of carbonyl (C=O) groups excluding carboxylic acids is 2. The summed E-state index contributed by atoms with van der Waals surface area (Å²) in [5.74, 6) is -0.0513. The fourth-order valence-electron chi connectivity index (χ4n) is 2.64. The van der Waals surface area contributed by atoms with Gasteiger partial charge < -0.3 is 15.5 Å². The van der Waals surface area contributed by atoms with Crippen LogP contribution in [0.15, 0.2) is 47.8 Å². The minimum atomic E-state index is -0.447. The number of amides is 3. The maximum Gasteiger partial charge on any atom is 0.315 e. The zero-order valence-corrected chi connectivity index (χ0v) is 13.5. The van der Waals surface area contributed by atoms with Gasteiger partial charge in [-0.25, -0.2) is 4.79 Å². The highest BCUT2D eigenvalue weighted by molar-refractivity contribution is 7.09. The second kappa shape index (κ2) is 7.28. The summed E-state index contributed by atoms with van der Waals surface area (Å²) in [7, 11) is 0. The predicted octanol–water partition coefficient (Wildman–Crippen LogP) is 2.40. The highest BCUT2D eigenvalue weighted by atomic mass is 32.1. The van der Waals surface area contributed by atoms with E-state index in [9.17, 15) is 9.59 Å². The van der Waals surface area contributed by atoms with Crippen LogP contribution in [-0.2, 0) is 11.2 Å². The molecule has 23 heavy (non-hydrogen) atoms. The Morgan fingerprint density at radius 3 is 2.78 bits per heavy atom. The Morgan fingerprint density at radius 1 is 1.22 bits per heavy atom. The first-order valence-corrected chi connectivity index (χ1v) is 8.55. The van der Waals surface area contributed by atoms with Crippen molar-refractivity contribution in [1.29, 1.82) is 0 Å². The summed E-state index contributed by atoms with van der Waals surface area (Å²) >= 11 is 1.67. The Labute approximate surface area is 139 Å². The number of rotatable bonds is 5. The van der Waals surface area contributed by atoms with Crippen LogP contribution >= 0.6 is 11.3 Å². The summed E-state index contributed by atoms with van der Waals surface area (Å²) in [6, 6.07) is 12.8. The van der Waals surface area contributed by atoms with E-state index in [2.05, 4.69) is 10.6 Å². The first-order chi connectivity index (χ1) is 11.2. The third-order valence-corrected chi connectivity index (χ3v) is 4.75. The molecule has 0 bridgehead atoms. The lowest BCUT2D eigenvalue weighted by Crippen LogP contribution is -2.46. The molecule has 1 aliphatic heterocycles. The van der Waals surface area contributed by atoms with Gasteiger partial charge in [0, 0.05) is 23.7 Å². The van der Waals surface area contributed by atoms with Crippen LogP contribution in [0.1, 0.15) is 11.3 Å². The molecule has 1 saturated heterocycles. The summed E-state index contributed by atoms with van der Waals surface area (Å²) in [5.41, 5.74) is 0.875. The van der Waals surface area contributed by atoms with Crippen molar-refractivity contribution in [1.82, 2.24) is 10.6 Å². The van der Waals surface area contributed by atoms with Gasteiger partial charge in [0.15, 0.2) is 0 Å². The summed E-state index contributed by atoms with van der Waals surface area (Å²) in [4.78, 5) is 27.3. The van der Waals surface area contributed by atoms with Gasteiger partial charge in [-0.05, 0) is 36.4 Å². The van der Waals surface area contributed by atoms with Crippen LogP contribution in [0.25, 0.3) is 0 Å². The minimum Gasteiger partial charge on any atom is -0.338 e. The first-order valence-electron chi connectivity index (χ1n) is 7.67. The van der Waals surface area contributed by atoms with E-state index in [0.717, 1.165) is 12.1 Å². The van der Waals surface area contributed by atoms with E-state index in [-0.39, 0.29) is 11.9 Å². The Balaban J connectivity index is 1.47. The molecular weight excluding hydrogens is 310 g/mol. The Hall–Kier alpha value is -2.34. The summed E-state index contributed by atoms with van der Waals surface area (Å²) in [5, 5.41) is 7.60. The molecular formula is C17H19N3O2S. The number of nitrogens with zero attached hydrogens (tertiary/aromatic N) is 1. The number of para-hydroxylation sites is 1. The average Bonchev–Trinajstić information content (AvgIpc) is 3.19. The van der Waals surface area contributed by atoms with Crippen molar-refractivity contribution in [3.8, 4) is 0 Å². The van der Waals surface area contributed by atoms with Gasteiger partial charge in [-0.2, -0.15) is 0 Å². The van der Waals surface area contributed by atoms with Crippen LogP contribution in [0.5, 0.6) is 0 Å². The maximum absolute atomic E-state index is 12.4. The molecule has 6 heteroatoms. The SMILES string of the molecule is O=C(NCCc1cccs1)NC1CCN(c2ccccc2)C1=O. The summed E-state index contributed by atoms with van der Waals surface area (Å²) in [6.07, 6.45) is 1.44. The zero-order valence-electron chi connectivity index (χ0n) is 12.7. The lowest BCUT2D eigenvalue weighted by molar-refractivity contribution is -0.118. The number of anilines is 1. The number of urea groups is 1. The fourth-order valence-corrected chi connectivity index (χ4v) is 3.35. The molecule has 120 valence electrons. The van der Waals surface area contributed by atoms with Crippen LogP contribution in [-0.4, -0.2) is 31.1 Å². The van der Waals surface area contributed by atoms with Gasteiger partial charge in [-0.1, -0.05) is 24.3 Å². The predicted molar refractivity (Wildman–Crippen MR) is 91.8 cm³/mol. The maximum atomic E-state index is 12.4. The second-order valence-corrected chi connectivity index (χ2v) is 6.43. The average molecular weight is 329 g/mol. The molecule has 1 aromatic carbocycles. The molecule has 1 aromatic heterocycles. The van der Waals surface area contributed by atoms with Gasteiger partial charge >= 0.3 is 6.03 Å². The smallest absolute Gasteiger partial charge is 0.315 e. The highest BCUT2D eigenvalue weighted by Crippen LogP contribution is 2.20. The number of thiophene rings is 1. The van der Waals surface area contributed by atoms with Crippen LogP contribution in [0.2, 0.25) is 0 Å². The van der Waals surface area contributed by atoms with Crippen LogP contribution in [0.4, 0.5) is 10.5 Å². The number of hydrogen-bond acceptors (Lipinski definition) is 3. The standard InChI is InChI=1S/C17H19N3O2S/c21-16-15(9-11-20(16)13-5-2-1-3-6-13)19-17(22)18-10-8-14-7-4-12-23-14/h1-7,12,15H,8-11H2,(H2,18,19,22). The Bertz CT molecular complexity index is 658. The molecule has 0 spiro atoms. The van der Waals surface area contributed by atoms with E-state index >= 15 is 0 Å². The minimum absolute atomic E-state index is 0.0513. The molecule has 3 amide bonds. The van der Waals surface area contributed by atoms with E-state index in [1.54, 1.807) is 16.2 Å². The molecule has 1 atom stereocenters. The summed E-state index contributed by atoms with van der Waals surface area (Å²) in [6.45, 7) is 1.19. The topological polar surface area (TPSA) is 61.4 Å². The molecule has 0 radical (unpaired) electrons. The van der Waals surface area contributed by atoms with Crippen molar-refractivity contribution in [2.75, 3.05) is 18.0 Å². The van der Waals surface area contributed by atoms with E-state index in [1.807, 2.05) is 47.8 Å². The van der Waals surface area contributed by atoms with Gasteiger partial charge in [-0.3, -0.25) is 4.79 Å². The van der Waals surface area contributed by atoms with Crippen molar-refractivity contribution in [2.24, 2.45) is 0 Å². The molecule has 2 aromatic rings. The molecule has 5 nitrogen and oxygen atoms in total. The van der Waals surface area contributed by atoms with Crippen molar-refractivity contribution >= 4 is 29.0 Å². The summed E-state index contributed by atoms with van der Waals surface area (Å²) < 4.78 is 0. The number of carbonyl (C=O) groups is 2. The lowest BCUT2D eigenvalue weighted by atomic mass is 10.2. The molecule has 3 rings (SSSR count). The number of hydrogen-bond donors (Lipinski definition) is 2. The fraction of sp³-hybridized carbons (Fsp3) is 0.294. The zero-order chi connectivity index (χ0) is 16.1. The largest absolute Gasteiger partial charge is 0.338 e. The van der Waals surface area contributed by atoms with Crippen molar-refractivity contribution in [3.63, 3.8) is 0 Å². The van der Waals surface area contributed by atoms with Crippen LogP contribution in [0.3, 0.4) is 0 Å². The van der Waals surface area contributed by atoms with E-state index < -0.39 is 6.04 Å². The molecule has 0 aliphatic carbocycles. The van der Waals surface area contributed by atoms with Gasteiger partial charge in [0.1, 0.15) is 6.04 Å². The molecule has 1 unspecified atom stereocenters. The van der Waals surface area contributed by atoms with Crippen LogP contribution in [0, 0.1) is 0 Å². The molecule has 1 aliphatic rings. The van der Waals surface area contributed by atoms with E-state index in [4.69, 9.17) is 0 Å². The third kappa shape index (κ3) is 3.90. The Morgan fingerprint density at radius 2 is 2.04 bits per heavy atom. The van der Waals surface area contributed by atoms with E-state index in [1.165, 1.54) is 4.88 Å². The van der Waals surface area contributed by atoms with Gasteiger partial charge in [0.2, 0.25) is 5.91 Å². The number of nitrogens with one attached hydrogen (secondary N) is 2. The van der Waals surface area contributed by atoms with Crippen molar-refractivity contribution in [2.45, 2.75) is 18.9 Å². The molecule has 1 fully saturated rings. The van der Waals surface area contributed by atoms with Crippen molar-refractivity contribution < 1.29 is 9.59 Å². The monoisotopic (exact) mass is 329 g/mol. The second-order valence-electron chi connectivity index (χ2n) is 5.40. The number of benzene rings is 1. The Kier molecular flexibility index (Phi) is 4.92. The molecule has 2 heterocycles. The molecule has 0 saturated carbocycles. The van der Waals surface area contributed by atoms with Gasteiger partial charge in [0.25, 0.3) is 0 Å². The lowest BCUT2D eigenvalue weighted by Gasteiger charge is -2.17. The van der Waals surface area contributed by atoms with Crippen molar-refractivity contribution in [3.05, 3.63) is 52.7 Å². The first kappa shape index (κ1) is 15.6. The van der Waals surface area contributed by atoms with Gasteiger partial charge in [-0.15, -0.1) is 11.3 Å². The van der Waals surface area contributed by atoms with E-state index in [0.29, 0.717) is 19.5 Å². The van der Waals surface area contributed by atoms with Gasteiger partial charge in [0.05, 0.1) is 0 Å². The normalized spacial score (nSPS) is 17.3. The molecule has 2 N–H and O–H groups in total. The van der Waals surface area contributed by atoms with Crippen LogP contribution < -0.4 is 15.5 Å².